The maximum absolute atomic E-state index is 6.13. The Balaban J connectivity index is 2.57. The van der Waals surface area contributed by atoms with Crippen LogP contribution in [0.25, 0.3) is 0 Å². The Morgan fingerprint density at radius 3 is 1.35 bits per heavy atom. The first kappa shape index (κ1) is 17.4. The molecule has 0 aromatic heterocycles. The van der Waals surface area contributed by atoms with Gasteiger partial charge >= 0.3 is 0 Å². The van der Waals surface area contributed by atoms with E-state index in [0.29, 0.717) is 11.8 Å². The summed E-state index contributed by atoms with van der Waals surface area (Å²) in [5.41, 5.74) is 22.0. The zero-order valence-corrected chi connectivity index (χ0v) is 15.3. The summed E-state index contributed by atoms with van der Waals surface area (Å²) in [4.78, 5) is 0. The van der Waals surface area contributed by atoms with Gasteiger partial charge in [-0.05, 0) is 77.6 Å². The highest BCUT2D eigenvalue weighted by Gasteiger charge is 2.16. The molecule has 0 fully saturated rings. The highest BCUT2D eigenvalue weighted by Crippen LogP contribution is 2.33. The van der Waals surface area contributed by atoms with E-state index in [0.717, 1.165) is 17.8 Å². The largest absolute Gasteiger partial charge is 0.399 e. The van der Waals surface area contributed by atoms with Crippen molar-refractivity contribution in [3.05, 3.63) is 57.6 Å². The van der Waals surface area contributed by atoms with Crippen LogP contribution in [-0.2, 0) is 6.42 Å². The molecule has 0 heterocycles. The van der Waals surface area contributed by atoms with Crippen LogP contribution in [0.1, 0.15) is 72.9 Å². The monoisotopic (exact) mass is 310 g/mol. The average molecular weight is 310 g/mol. The summed E-state index contributed by atoms with van der Waals surface area (Å²) in [5, 5.41) is 0. The van der Waals surface area contributed by atoms with Gasteiger partial charge in [0.25, 0.3) is 0 Å². The van der Waals surface area contributed by atoms with Crippen molar-refractivity contribution in [2.75, 3.05) is 11.5 Å². The molecule has 0 unspecified atom stereocenters. The molecule has 2 nitrogen and oxygen atoms in total. The van der Waals surface area contributed by atoms with E-state index in [1.807, 2.05) is 12.1 Å². The first-order valence-electron chi connectivity index (χ1n) is 8.49. The molecule has 0 radical (unpaired) electrons. The molecule has 0 aliphatic rings. The van der Waals surface area contributed by atoms with E-state index in [2.05, 4.69) is 53.7 Å². The van der Waals surface area contributed by atoms with Crippen LogP contribution < -0.4 is 11.5 Å². The van der Waals surface area contributed by atoms with Crippen LogP contribution in [0.2, 0.25) is 0 Å². The second-order valence-corrected chi connectivity index (χ2v) is 7.19. The summed E-state index contributed by atoms with van der Waals surface area (Å²) >= 11 is 0. The molecule has 0 atom stereocenters. The van der Waals surface area contributed by atoms with Crippen molar-refractivity contribution in [2.24, 2.45) is 0 Å². The molecule has 2 rings (SSSR count). The van der Waals surface area contributed by atoms with Gasteiger partial charge in [0.15, 0.2) is 0 Å². The zero-order chi connectivity index (χ0) is 17.3. The third-order valence-corrected chi connectivity index (χ3v) is 4.83. The Bertz CT molecular complexity index is 651. The molecule has 0 aliphatic carbocycles. The Morgan fingerprint density at radius 2 is 1.04 bits per heavy atom. The first-order valence-corrected chi connectivity index (χ1v) is 8.49. The highest BCUT2D eigenvalue weighted by atomic mass is 14.6. The quantitative estimate of drug-likeness (QED) is 0.752. The van der Waals surface area contributed by atoms with Crippen molar-refractivity contribution >= 4 is 11.4 Å². The van der Waals surface area contributed by atoms with Crippen molar-refractivity contribution in [3.8, 4) is 0 Å². The van der Waals surface area contributed by atoms with Crippen LogP contribution in [0, 0.1) is 13.8 Å². The molecule has 2 aromatic carbocycles. The van der Waals surface area contributed by atoms with Gasteiger partial charge in [0.1, 0.15) is 0 Å². The lowest BCUT2D eigenvalue weighted by molar-refractivity contribution is 0.821. The number of benzene rings is 2. The van der Waals surface area contributed by atoms with Crippen LogP contribution in [0.5, 0.6) is 0 Å². The summed E-state index contributed by atoms with van der Waals surface area (Å²) < 4.78 is 0. The normalized spacial score (nSPS) is 11.5. The minimum Gasteiger partial charge on any atom is -0.399 e. The first-order chi connectivity index (χ1) is 10.7. The minimum atomic E-state index is 0.464. The van der Waals surface area contributed by atoms with Crippen LogP contribution in [0.4, 0.5) is 11.4 Å². The Labute approximate surface area is 140 Å². The zero-order valence-electron chi connectivity index (χ0n) is 15.3. The molecule has 0 amide bonds. The second kappa shape index (κ2) is 6.66. The SMILES string of the molecule is Cc1c(N)ccc(Cc2ccc(N)c(C)c2C(C)C)c1C(C)C. The molecular formula is C21H30N2. The van der Waals surface area contributed by atoms with Crippen LogP contribution in [-0.4, -0.2) is 0 Å². The van der Waals surface area contributed by atoms with E-state index in [1.165, 1.54) is 33.4 Å². The van der Waals surface area contributed by atoms with E-state index < -0.39 is 0 Å². The van der Waals surface area contributed by atoms with Gasteiger partial charge in [-0.15, -0.1) is 0 Å². The minimum absolute atomic E-state index is 0.464. The summed E-state index contributed by atoms with van der Waals surface area (Å²) in [6, 6.07) is 8.45. The molecular weight excluding hydrogens is 280 g/mol. The van der Waals surface area contributed by atoms with Crippen molar-refractivity contribution in [1.29, 1.82) is 0 Å². The predicted molar refractivity (Wildman–Crippen MR) is 102 cm³/mol. The topological polar surface area (TPSA) is 52.0 Å². The van der Waals surface area contributed by atoms with Crippen molar-refractivity contribution in [3.63, 3.8) is 0 Å². The summed E-state index contributed by atoms with van der Waals surface area (Å²) in [7, 11) is 0. The molecule has 0 spiro atoms. The lowest BCUT2D eigenvalue weighted by Crippen LogP contribution is -2.07. The third-order valence-electron chi connectivity index (χ3n) is 4.83. The standard InChI is InChI=1S/C21H30N2/c1-12(2)20-14(5)18(22)9-7-16(20)11-17-8-10-19(23)15(6)21(17)13(3)4/h7-10,12-13H,11,22-23H2,1-6H3. The summed E-state index contributed by atoms with van der Waals surface area (Å²) in [6.07, 6.45) is 0.934. The Kier molecular flexibility index (Phi) is 5.03. The van der Waals surface area contributed by atoms with Gasteiger partial charge in [0.05, 0.1) is 0 Å². The summed E-state index contributed by atoms with van der Waals surface area (Å²) in [6.45, 7) is 13.2. The Morgan fingerprint density at radius 1 is 0.696 bits per heavy atom. The van der Waals surface area contributed by atoms with Gasteiger partial charge in [-0.3, -0.25) is 0 Å². The molecule has 0 aliphatic heterocycles. The van der Waals surface area contributed by atoms with E-state index in [-0.39, 0.29) is 0 Å². The van der Waals surface area contributed by atoms with Crippen molar-refractivity contribution in [2.45, 2.75) is 59.8 Å². The highest BCUT2D eigenvalue weighted by molar-refractivity contribution is 5.58. The number of hydrogen-bond acceptors (Lipinski definition) is 2. The van der Waals surface area contributed by atoms with Crippen molar-refractivity contribution in [1.82, 2.24) is 0 Å². The molecule has 4 N–H and O–H groups in total. The van der Waals surface area contributed by atoms with E-state index in [1.54, 1.807) is 0 Å². The molecule has 23 heavy (non-hydrogen) atoms. The molecule has 0 saturated heterocycles. The molecule has 2 heteroatoms. The maximum atomic E-state index is 6.13. The summed E-state index contributed by atoms with van der Waals surface area (Å²) in [5.74, 6) is 0.928. The van der Waals surface area contributed by atoms with Gasteiger partial charge in [-0.2, -0.15) is 0 Å². The second-order valence-electron chi connectivity index (χ2n) is 7.19. The average Bonchev–Trinajstić information content (AvgIpc) is 2.46. The van der Waals surface area contributed by atoms with Crippen LogP contribution in [0.3, 0.4) is 0 Å². The number of rotatable bonds is 4. The fourth-order valence-corrected chi connectivity index (χ4v) is 3.72. The maximum Gasteiger partial charge on any atom is 0.0346 e. The Hall–Kier alpha value is -1.96. The van der Waals surface area contributed by atoms with Crippen LogP contribution in [0.15, 0.2) is 24.3 Å². The predicted octanol–water partition coefficient (Wildman–Crippen LogP) is 5.31. The molecule has 2 aromatic rings. The lowest BCUT2D eigenvalue weighted by Gasteiger charge is -2.21. The fraction of sp³-hybridized carbons (Fsp3) is 0.429. The third kappa shape index (κ3) is 3.36. The fourth-order valence-electron chi connectivity index (χ4n) is 3.72. The van der Waals surface area contributed by atoms with E-state index >= 15 is 0 Å². The van der Waals surface area contributed by atoms with E-state index in [4.69, 9.17) is 11.5 Å². The van der Waals surface area contributed by atoms with Gasteiger partial charge in [0, 0.05) is 11.4 Å². The number of nitrogen functional groups attached to an aromatic ring is 2. The van der Waals surface area contributed by atoms with Gasteiger partial charge < -0.3 is 11.5 Å². The van der Waals surface area contributed by atoms with Gasteiger partial charge in [-0.1, -0.05) is 39.8 Å². The van der Waals surface area contributed by atoms with Crippen molar-refractivity contribution < 1.29 is 0 Å². The number of nitrogens with two attached hydrogens (primary N) is 2. The van der Waals surface area contributed by atoms with Gasteiger partial charge in [0.2, 0.25) is 0 Å². The van der Waals surface area contributed by atoms with Gasteiger partial charge in [-0.25, -0.2) is 0 Å². The smallest absolute Gasteiger partial charge is 0.0346 e. The van der Waals surface area contributed by atoms with Crippen LogP contribution >= 0.6 is 0 Å². The number of anilines is 2. The lowest BCUT2D eigenvalue weighted by atomic mass is 9.84. The molecule has 124 valence electrons. The van der Waals surface area contributed by atoms with E-state index in [9.17, 15) is 0 Å². The molecule has 0 saturated carbocycles. The number of hydrogen-bond donors (Lipinski definition) is 2. The molecule has 0 bridgehead atoms.